The zero-order valence-electron chi connectivity index (χ0n) is 3.20. The smallest absolute Gasteiger partial charge is 0.203 e. The summed E-state index contributed by atoms with van der Waals surface area (Å²) >= 11 is 0. The van der Waals surface area contributed by atoms with Gasteiger partial charge in [-0.3, -0.25) is 0 Å². The molecule has 0 aliphatic rings. The minimum atomic E-state index is -4.02. The van der Waals surface area contributed by atoms with Gasteiger partial charge in [0.2, 0.25) is 0 Å². The molecule has 0 spiro atoms. The summed E-state index contributed by atoms with van der Waals surface area (Å²) in [5.41, 5.74) is 0. The molecule has 0 heterocycles. The highest BCUT2D eigenvalue weighted by atomic mass is 32.2. The Bertz CT molecular complexity index is 123. The van der Waals surface area contributed by atoms with Crippen LogP contribution in [0, 0.1) is 0 Å². The summed E-state index contributed by atoms with van der Waals surface area (Å²) in [6.07, 6.45) is 0. The van der Waals surface area contributed by atoms with Crippen molar-refractivity contribution in [2.45, 2.75) is 0 Å². The number of rotatable bonds is 2. The van der Waals surface area contributed by atoms with Gasteiger partial charge in [0, 0.05) is 0 Å². The van der Waals surface area contributed by atoms with Crippen molar-refractivity contribution in [3.63, 3.8) is 0 Å². The van der Waals surface area contributed by atoms with E-state index in [9.17, 15) is 8.42 Å². The lowest BCUT2D eigenvalue weighted by atomic mass is 13.5. The fraction of sp³-hybridized carbons (Fsp3) is 0. The van der Waals surface area contributed by atoms with Crippen LogP contribution in [0.4, 0.5) is 0 Å². The zero-order chi connectivity index (χ0) is 5.91. The normalized spacial score (nSPS) is 11.7. The van der Waals surface area contributed by atoms with E-state index in [4.69, 9.17) is 0 Å². The predicted octanol–water partition coefficient (Wildman–Crippen LogP) is -1.99. The Kier molecular flexibility index (Phi) is 2.12. The van der Waals surface area contributed by atoms with Gasteiger partial charge in [0.05, 0.1) is 0 Å². The van der Waals surface area contributed by atoms with Gasteiger partial charge in [-0.1, -0.05) is 4.33 Å². The number of hydrogen-bond donors (Lipinski definition) is 2. The quantitative estimate of drug-likeness (QED) is 0.331. The summed E-state index contributed by atoms with van der Waals surface area (Å²) in [6, 6.07) is 0. The molecule has 7 heteroatoms. The molecule has 0 aromatic carbocycles. The molecule has 0 bridgehead atoms. The van der Waals surface area contributed by atoms with Crippen molar-refractivity contribution in [1.29, 1.82) is 0 Å². The summed E-state index contributed by atoms with van der Waals surface area (Å²) < 4.78 is 22.4. The molecule has 6 nitrogen and oxygen atoms in total. The van der Waals surface area contributed by atoms with Crippen molar-refractivity contribution in [2.24, 2.45) is 11.0 Å². The molecule has 0 unspecified atom stereocenters. The third kappa shape index (κ3) is 5.79. The van der Waals surface area contributed by atoms with Crippen molar-refractivity contribution in [3.8, 4) is 0 Å². The fourth-order valence-corrected chi connectivity index (χ4v) is 0.164. The maximum absolute atomic E-state index is 9.58. The van der Waals surface area contributed by atoms with Gasteiger partial charge in [-0.25, -0.2) is 5.14 Å². The first-order chi connectivity index (χ1) is 3.06. The number of hydrogen-bond acceptors (Lipinski definition) is 5. The molecule has 0 fully saturated rings. The van der Waals surface area contributed by atoms with Gasteiger partial charge in [-0.15, -0.1) is 4.99 Å². The molecule has 0 aromatic rings. The SMILES string of the molecule is NOOS(N)(=O)=O. The lowest BCUT2D eigenvalue weighted by Gasteiger charge is -1.88. The van der Waals surface area contributed by atoms with Gasteiger partial charge in [0.1, 0.15) is 0 Å². The third-order valence-electron chi connectivity index (χ3n) is 0.134. The van der Waals surface area contributed by atoms with E-state index in [-0.39, 0.29) is 0 Å². The zero-order valence-corrected chi connectivity index (χ0v) is 4.01. The predicted molar refractivity (Wildman–Crippen MR) is 19.5 cm³/mol. The lowest BCUT2D eigenvalue weighted by Crippen LogP contribution is -2.17. The molecule has 0 aliphatic heterocycles. The molecule has 0 radical (unpaired) electrons. The molecule has 4 N–H and O–H groups in total. The Hall–Kier alpha value is -0.210. The van der Waals surface area contributed by atoms with E-state index in [0.717, 1.165) is 0 Å². The van der Waals surface area contributed by atoms with Crippen LogP contribution in [0.2, 0.25) is 0 Å². The third-order valence-corrected chi connectivity index (χ3v) is 0.402. The minimum absolute atomic E-state index is 3.19. The van der Waals surface area contributed by atoms with Crippen LogP contribution in [0.25, 0.3) is 0 Å². The highest BCUT2D eigenvalue weighted by Gasteiger charge is 1.98. The molecular formula is H4N2O4S. The van der Waals surface area contributed by atoms with Crippen molar-refractivity contribution in [3.05, 3.63) is 0 Å². The van der Waals surface area contributed by atoms with E-state index >= 15 is 0 Å². The number of nitrogens with two attached hydrogens (primary N) is 2. The molecule has 44 valence electrons. The maximum atomic E-state index is 9.58. The maximum Gasteiger partial charge on any atom is 0.361 e. The van der Waals surface area contributed by atoms with Crippen LogP contribution < -0.4 is 11.0 Å². The van der Waals surface area contributed by atoms with Gasteiger partial charge in [0.25, 0.3) is 0 Å². The first-order valence-corrected chi connectivity index (χ1v) is 2.61. The summed E-state index contributed by atoms with van der Waals surface area (Å²) in [4.78, 5) is 3.19. The topological polar surface area (TPSA) is 105 Å². The van der Waals surface area contributed by atoms with Crippen LogP contribution >= 0.6 is 0 Å². The summed E-state index contributed by atoms with van der Waals surface area (Å²) in [5.74, 6) is 4.13. The Labute approximate surface area is 40.1 Å². The van der Waals surface area contributed by atoms with E-state index in [1.807, 2.05) is 0 Å². The second-order valence-electron chi connectivity index (χ2n) is 0.657. The minimum Gasteiger partial charge on any atom is -0.203 e. The fourth-order valence-electron chi connectivity index (χ4n) is 0.0548. The Balaban J connectivity index is 3.60. The lowest BCUT2D eigenvalue weighted by molar-refractivity contribution is -0.206. The van der Waals surface area contributed by atoms with Gasteiger partial charge >= 0.3 is 10.3 Å². The van der Waals surface area contributed by atoms with E-state index in [1.54, 1.807) is 0 Å². The standard InChI is InChI=1S/H4N2O4S/c1-5-6-7(2,3)4/h1H2,(H2,2,3,4). The highest BCUT2D eigenvalue weighted by molar-refractivity contribution is 7.84. The molecule has 0 aliphatic carbocycles. The summed E-state index contributed by atoms with van der Waals surface area (Å²) in [5, 5.41) is 4.19. The van der Waals surface area contributed by atoms with Crippen molar-refractivity contribution >= 4 is 10.3 Å². The average Bonchev–Trinajstić information content (AvgIpc) is 1.30. The van der Waals surface area contributed by atoms with Crippen molar-refractivity contribution < 1.29 is 17.7 Å². The van der Waals surface area contributed by atoms with Crippen molar-refractivity contribution in [2.75, 3.05) is 0 Å². The second-order valence-corrected chi connectivity index (χ2v) is 1.78. The molecule has 0 saturated carbocycles. The van der Waals surface area contributed by atoms with E-state index in [0.29, 0.717) is 0 Å². The highest BCUT2D eigenvalue weighted by Crippen LogP contribution is 1.74. The first-order valence-electron chi connectivity index (χ1n) is 1.14. The van der Waals surface area contributed by atoms with E-state index in [2.05, 4.69) is 20.4 Å². The molecule has 0 rings (SSSR count). The molecule has 0 saturated heterocycles. The summed E-state index contributed by atoms with van der Waals surface area (Å²) in [7, 11) is -4.02. The van der Waals surface area contributed by atoms with Gasteiger partial charge in [-0.05, 0) is 0 Å². The second kappa shape index (κ2) is 2.19. The van der Waals surface area contributed by atoms with Crippen LogP contribution in [0.1, 0.15) is 0 Å². The largest absolute Gasteiger partial charge is 0.361 e. The van der Waals surface area contributed by atoms with Gasteiger partial charge < -0.3 is 0 Å². The molecular weight excluding hydrogens is 124 g/mol. The van der Waals surface area contributed by atoms with Crippen LogP contribution in [-0.2, 0) is 19.6 Å². The van der Waals surface area contributed by atoms with Gasteiger partial charge in [-0.2, -0.15) is 14.3 Å². The van der Waals surface area contributed by atoms with Crippen LogP contribution in [0.15, 0.2) is 0 Å². The van der Waals surface area contributed by atoms with Crippen LogP contribution in [0.3, 0.4) is 0 Å². The van der Waals surface area contributed by atoms with E-state index < -0.39 is 10.3 Å². The first kappa shape index (κ1) is 6.79. The molecule has 0 atom stereocenters. The van der Waals surface area contributed by atoms with Crippen LogP contribution in [0.5, 0.6) is 0 Å². The van der Waals surface area contributed by atoms with Gasteiger partial charge in [0.15, 0.2) is 0 Å². The van der Waals surface area contributed by atoms with E-state index in [1.165, 1.54) is 0 Å². The molecule has 0 aromatic heterocycles. The average molecular weight is 128 g/mol. The van der Waals surface area contributed by atoms with Crippen molar-refractivity contribution in [1.82, 2.24) is 0 Å². The monoisotopic (exact) mass is 128 g/mol. The molecule has 0 amide bonds. The Morgan fingerprint density at radius 2 is 1.86 bits per heavy atom. The molecule has 7 heavy (non-hydrogen) atoms. The Morgan fingerprint density at radius 3 is 1.86 bits per heavy atom. The Morgan fingerprint density at radius 1 is 1.43 bits per heavy atom. The summed E-state index contributed by atoms with van der Waals surface area (Å²) in [6.45, 7) is 0. The van der Waals surface area contributed by atoms with Crippen LogP contribution in [-0.4, -0.2) is 8.42 Å².